The molecule has 4 saturated heterocycles. The Labute approximate surface area is 191 Å². The maximum absolute atomic E-state index is 12.0. The minimum absolute atomic E-state index is 0. The fraction of sp³-hybridized carbons (Fsp3) is 0.750. The average Bonchev–Trinajstić information content (AvgIpc) is 3.09. The van der Waals surface area contributed by atoms with Gasteiger partial charge in [-0.1, -0.05) is 38.5 Å². The molecule has 0 aromatic heterocycles. The fourth-order valence-corrected chi connectivity index (χ4v) is 9.27. The number of benzene rings is 1. The first-order valence-corrected chi connectivity index (χ1v) is 11.6. The first kappa shape index (κ1) is 20.5. The molecule has 6 aliphatic rings. The van der Waals surface area contributed by atoms with E-state index < -0.39 is 0 Å². The molecule has 1 saturated carbocycles. The number of nitrogens with zero attached hydrogens (tertiary/aromatic N) is 2. The van der Waals surface area contributed by atoms with Crippen molar-refractivity contribution in [2.45, 2.75) is 81.8 Å². The molecule has 2 N–H and O–H groups in total. The number of para-hydroxylation sites is 1. The number of aliphatic hydroxyl groups is 2. The maximum Gasteiger partial charge on any atom is 0.194 e. The number of anilines is 1. The SMILES string of the molecule is CCCC[N+]12C(O)C(CC)C3CC1C1N(C)c4ccccc4C14CC2C3C4O.[I-]. The van der Waals surface area contributed by atoms with Crippen LogP contribution in [0.15, 0.2) is 24.3 Å². The lowest BCUT2D eigenvalue weighted by Gasteiger charge is -2.68. The molecule has 5 heterocycles. The summed E-state index contributed by atoms with van der Waals surface area (Å²) in [6, 6.07) is 10.00. The molecule has 1 spiro atoms. The van der Waals surface area contributed by atoms with Gasteiger partial charge in [0.25, 0.3) is 0 Å². The Kier molecular flexibility index (Phi) is 4.65. The van der Waals surface area contributed by atoms with Crippen molar-refractivity contribution >= 4 is 5.69 Å². The predicted octanol–water partition coefficient (Wildman–Crippen LogP) is -0.127. The van der Waals surface area contributed by atoms with E-state index in [0.717, 1.165) is 23.9 Å². The zero-order valence-corrected chi connectivity index (χ0v) is 20.0. The van der Waals surface area contributed by atoms with Crippen molar-refractivity contribution in [3.63, 3.8) is 0 Å². The Morgan fingerprint density at radius 2 is 1.93 bits per heavy atom. The summed E-state index contributed by atoms with van der Waals surface area (Å²) in [5, 5.41) is 23.7. The zero-order valence-electron chi connectivity index (χ0n) is 17.8. The fourth-order valence-electron chi connectivity index (χ4n) is 9.27. The lowest BCUT2D eigenvalue weighted by molar-refractivity contribution is -1.04. The molecule has 5 fully saturated rings. The number of likely N-dealkylation sites (N-methyl/N-ethyl adjacent to an activating group) is 1. The van der Waals surface area contributed by atoms with Gasteiger partial charge in [0.05, 0.1) is 30.1 Å². The second kappa shape index (κ2) is 6.57. The summed E-state index contributed by atoms with van der Waals surface area (Å²) in [7, 11) is 2.24. The number of fused-ring (bicyclic) bond motifs is 2. The van der Waals surface area contributed by atoms with Crippen LogP contribution in [0.2, 0.25) is 0 Å². The molecule has 4 nitrogen and oxygen atoms in total. The molecule has 5 heteroatoms. The van der Waals surface area contributed by atoms with Crippen molar-refractivity contribution in [3.05, 3.63) is 29.8 Å². The Morgan fingerprint density at radius 1 is 1.17 bits per heavy atom. The lowest BCUT2D eigenvalue weighted by atomic mass is 9.60. The van der Waals surface area contributed by atoms with Crippen LogP contribution in [0.4, 0.5) is 5.69 Å². The van der Waals surface area contributed by atoms with Crippen molar-refractivity contribution in [1.82, 2.24) is 0 Å². The maximum atomic E-state index is 12.0. The number of rotatable bonds is 4. The van der Waals surface area contributed by atoms with E-state index in [1.807, 2.05) is 0 Å². The Bertz CT molecular complexity index is 820. The van der Waals surface area contributed by atoms with Crippen molar-refractivity contribution in [2.24, 2.45) is 17.8 Å². The summed E-state index contributed by atoms with van der Waals surface area (Å²) in [6.07, 6.45) is 5.09. The minimum Gasteiger partial charge on any atom is -1.00 e. The van der Waals surface area contributed by atoms with Crippen LogP contribution in [0.25, 0.3) is 0 Å². The van der Waals surface area contributed by atoms with Gasteiger partial charge in [-0.15, -0.1) is 0 Å². The van der Waals surface area contributed by atoms with Gasteiger partial charge in [0.1, 0.15) is 6.04 Å². The second-order valence-corrected chi connectivity index (χ2v) is 10.4. The minimum atomic E-state index is -0.272. The van der Waals surface area contributed by atoms with Gasteiger partial charge in [-0.05, 0) is 30.4 Å². The summed E-state index contributed by atoms with van der Waals surface area (Å²) in [5.41, 5.74) is 2.56. The molecular weight excluding hydrogens is 475 g/mol. The molecular formula is C24H35IN2O2. The van der Waals surface area contributed by atoms with Gasteiger partial charge in [-0.25, -0.2) is 0 Å². The van der Waals surface area contributed by atoms with Crippen LogP contribution in [-0.4, -0.2) is 58.7 Å². The molecule has 5 bridgehead atoms. The van der Waals surface area contributed by atoms with Crippen molar-refractivity contribution < 1.29 is 38.7 Å². The lowest BCUT2D eigenvalue weighted by Crippen LogP contribution is -3.00. The Hall–Kier alpha value is -0.370. The Morgan fingerprint density at radius 3 is 2.66 bits per heavy atom. The quantitative estimate of drug-likeness (QED) is 0.439. The summed E-state index contributed by atoms with van der Waals surface area (Å²) >= 11 is 0. The molecule has 1 aromatic carbocycles. The van der Waals surface area contributed by atoms with Gasteiger partial charge < -0.3 is 39.1 Å². The number of hydrogen-bond donors (Lipinski definition) is 2. The Balaban J connectivity index is 0.00000181. The van der Waals surface area contributed by atoms with E-state index in [9.17, 15) is 10.2 Å². The third kappa shape index (κ3) is 2.03. The van der Waals surface area contributed by atoms with E-state index in [2.05, 4.69) is 50.1 Å². The van der Waals surface area contributed by atoms with Crippen LogP contribution >= 0.6 is 0 Å². The van der Waals surface area contributed by atoms with Crippen LogP contribution in [0.5, 0.6) is 0 Å². The average molecular weight is 510 g/mol. The van der Waals surface area contributed by atoms with Gasteiger partial charge in [-0.2, -0.15) is 0 Å². The first-order valence-electron chi connectivity index (χ1n) is 11.6. The first-order chi connectivity index (χ1) is 13.5. The highest BCUT2D eigenvalue weighted by Gasteiger charge is 2.82. The number of aliphatic hydroxyl groups excluding tert-OH is 2. The van der Waals surface area contributed by atoms with Gasteiger partial charge in [-0.3, -0.25) is 4.48 Å². The smallest absolute Gasteiger partial charge is 0.194 e. The zero-order chi connectivity index (χ0) is 19.4. The van der Waals surface area contributed by atoms with Gasteiger partial charge in [0, 0.05) is 37.4 Å². The monoisotopic (exact) mass is 510 g/mol. The molecule has 160 valence electrons. The van der Waals surface area contributed by atoms with E-state index in [1.54, 1.807) is 0 Å². The second-order valence-electron chi connectivity index (χ2n) is 10.4. The topological polar surface area (TPSA) is 43.7 Å². The van der Waals surface area contributed by atoms with Crippen molar-refractivity contribution in [3.8, 4) is 0 Å². The van der Waals surface area contributed by atoms with Crippen LogP contribution < -0.4 is 28.9 Å². The van der Waals surface area contributed by atoms with Gasteiger partial charge >= 0.3 is 0 Å². The van der Waals surface area contributed by atoms with Crippen LogP contribution in [-0.2, 0) is 5.41 Å². The summed E-state index contributed by atoms with van der Waals surface area (Å²) in [5.74, 6) is 1.18. The van der Waals surface area contributed by atoms with E-state index in [1.165, 1.54) is 30.5 Å². The largest absolute Gasteiger partial charge is 1.00 e. The molecule has 29 heavy (non-hydrogen) atoms. The van der Waals surface area contributed by atoms with E-state index in [-0.39, 0.29) is 41.7 Å². The van der Waals surface area contributed by atoms with E-state index >= 15 is 0 Å². The molecule has 0 amide bonds. The number of hydrogen-bond acceptors (Lipinski definition) is 3. The summed E-state index contributed by atoms with van der Waals surface area (Å²) in [6.45, 7) is 5.59. The number of unbranched alkanes of at least 4 members (excludes halogenated alkanes) is 1. The van der Waals surface area contributed by atoms with E-state index in [4.69, 9.17) is 0 Å². The predicted molar refractivity (Wildman–Crippen MR) is 110 cm³/mol. The molecule has 1 aromatic rings. The van der Waals surface area contributed by atoms with Crippen molar-refractivity contribution in [2.75, 3.05) is 18.5 Å². The number of quaternary nitrogens is 1. The summed E-state index contributed by atoms with van der Waals surface area (Å²) < 4.78 is 0.884. The third-order valence-electron chi connectivity index (χ3n) is 10.0. The molecule has 10 atom stereocenters. The molecule has 5 aliphatic heterocycles. The highest BCUT2D eigenvalue weighted by molar-refractivity contribution is 5.66. The molecule has 10 unspecified atom stereocenters. The molecule has 0 radical (unpaired) electrons. The highest BCUT2D eigenvalue weighted by Crippen LogP contribution is 2.71. The van der Waals surface area contributed by atoms with Gasteiger partial charge in [0.15, 0.2) is 6.23 Å². The molecule has 1 aliphatic carbocycles. The van der Waals surface area contributed by atoms with Crippen molar-refractivity contribution in [1.29, 1.82) is 0 Å². The normalized spacial score (nSPS) is 50.4. The number of halogens is 1. The standard InChI is InChI=1S/C24H35N2O2.HI/c1-4-6-11-26-18-12-15(14(5-2)23(26)28)20-19(26)13-24(22(20)27)16-9-7-8-10-17(16)25(3)21(18)24;/h7-10,14-15,18-23,27-28H,4-6,11-13H2,1-3H3;1H/q+1;/p-1. The van der Waals surface area contributed by atoms with E-state index in [0.29, 0.717) is 35.9 Å². The summed E-state index contributed by atoms with van der Waals surface area (Å²) in [4.78, 5) is 2.49. The van der Waals surface area contributed by atoms with Gasteiger partial charge in [0.2, 0.25) is 0 Å². The van der Waals surface area contributed by atoms with Crippen LogP contribution in [0.3, 0.4) is 0 Å². The van der Waals surface area contributed by atoms with Crippen LogP contribution in [0, 0.1) is 17.8 Å². The third-order valence-corrected chi connectivity index (χ3v) is 10.0. The molecule has 7 rings (SSSR count). The highest BCUT2D eigenvalue weighted by atomic mass is 127. The van der Waals surface area contributed by atoms with Crippen LogP contribution in [0.1, 0.15) is 51.5 Å². The number of piperidine rings is 4.